The molecule has 0 fully saturated rings. The third-order valence-corrected chi connectivity index (χ3v) is 3.39. The fourth-order valence-electron chi connectivity index (χ4n) is 1.54. The number of halogens is 2. The summed E-state index contributed by atoms with van der Waals surface area (Å²) in [5.74, 6) is 0.0111. The van der Waals surface area contributed by atoms with Gasteiger partial charge in [0.2, 0.25) is 5.91 Å². The molecule has 3 nitrogen and oxygen atoms in total. The van der Waals surface area contributed by atoms with Crippen molar-refractivity contribution in [1.29, 1.82) is 0 Å². The zero-order chi connectivity index (χ0) is 13.5. The fraction of sp³-hybridized carbons (Fsp3) is 0.462. The summed E-state index contributed by atoms with van der Waals surface area (Å²) >= 11 is 9.52. The minimum atomic E-state index is 0.0111. The molecule has 0 radical (unpaired) electrons. The lowest BCUT2D eigenvalue weighted by atomic mass is 10.1. The Morgan fingerprint density at radius 1 is 1.50 bits per heavy atom. The summed E-state index contributed by atoms with van der Waals surface area (Å²) in [5.41, 5.74) is 0.989. The van der Waals surface area contributed by atoms with Gasteiger partial charge in [-0.1, -0.05) is 40.5 Å². The molecule has 1 unspecified atom stereocenters. The third kappa shape index (κ3) is 4.96. The SMILES string of the molecule is CCCNC(=O)CNC(C)c1ccc(Br)cc1Cl. The molecule has 1 amide bonds. The van der Waals surface area contributed by atoms with Crippen molar-refractivity contribution < 1.29 is 4.79 Å². The van der Waals surface area contributed by atoms with Gasteiger partial charge in [-0.15, -0.1) is 0 Å². The summed E-state index contributed by atoms with van der Waals surface area (Å²) in [7, 11) is 0. The second-order valence-electron chi connectivity index (χ2n) is 4.12. The molecule has 2 N–H and O–H groups in total. The van der Waals surface area contributed by atoms with Crippen molar-refractivity contribution in [2.24, 2.45) is 0 Å². The standard InChI is InChI=1S/C13H18BrClN2O/c1-3-6-16-13(18)8-17-9(2)11-5-4-10(14)7-12(11)15/h4-5,7,9,17H,3,6,8H2,1-2H3,(H,16,18). The predicted octanol–water partition coefficient (Wildman–Crippen LogP) is 3.28. The second-order valence-corrected chi connectivity index (χ2v) is 5.44. The number of nitrogens with one attached hydrogen (secondary N) is 2. The number of benzene rings is 1. The molecule has 0 saturated heterocycles. The second kappa shape index (κ2) is 7.77. The zero-order valence-corrected chi connectivity index (χ0v) is 12.9. The van der Waals surface area contributed by atoms with Gasteiger partial charge in [0.15, 0.2) is 0 Å². The Kier molecular flexibility index (Phi) is 6.68. The molecule has 0 heterocycles. The van der Waals surface area contributed by atoms with Crippen LogP contribution in [0.1, 0.15) is 31.9 Å². The summed E-state index contributed by atoms with van der Waals surface area (Å²) in [4.78, 5) is 11.5. The van der Waals surface area contributed by atoms with E-state index in [9.17, 15) is 4.79 Å². The number of carbonyl (C=O) groups is 1. The number of carbonyl (C=O) groups excluding carboxylic acids is 1. The summed E-state index contributed by atoms with van der Waals surface area (Å²) in [6.07, 6.45) is 0.944. The molecule has 0 aliphatic carbocycles. The molecule has 1 aromatic carbocycles. The third-order valence-electron chi connectivity index (χ3n) is 2.57. The predicted molar refractivity (Wildman–Crippen MR) is 78.9 cm³/mol. The lowest BCUT2D eigenvalue weighted by Crippen LogP contribution is -2.35. The van der Waals surface area contributed by atoms with Gasteiger partial charge in [-0.2, -0.15) is 0 Å². The molecule has 5 heteroatoms. The van der Waals surface area contributed by atoms with Crippen molar-refractivity contribution in [2.45, 2.75) is 26.3 Å². The Labute approximate surface area is 121 Å². The average molecular weight is 334 g/mol. The van der Waals surface area contributed by atoms with Crippen LogP contribution in [0.4, 0.5) is 0 Å². The Morgan fingerprint density at radius 2 is 2.22 bits per heavy atom. The fourth-order valence-corrected chi connectivity index (χ4v) is 2.37. The van der Waals surface area contributed by atoms with E-state index in [0.29, 0.717) is 18.1 Å². The Morgan fingerprint density at radius 3 is 2.83 bits per heavy atom. The molecule has 18 heavy (non-hydrogen) atoms. The molecule has 0 aromatic heterocycles. The van der Waals surface area contributed by atoms with Crippen molar-refractivity contribution in [1.82, 2.24) is 10.6 Å². The van der Waals surface area contributed by atoms with Crippen LogP contribution in [-0.4, -0.2) is 19.0 Å². The van der Waals surface area contributed by atoms with Crippen LogP contribution in [0.2, 0.25) is 5.02 Å². The van der Waals surface area contributed by atoms with Gasteiger partial charge in [0.1, 0.15) is 0 Å². The summed E-state index contributed by atoms with van der Waals surface area (Å²) in [5, 5.41) is 6.67. The highest BCUT2D eigenvalue weighted by molar-refractivity contribution is 9.10. The Bertz CT molecular complexity index is 412. The minimum Gasteiger partial charge on any atom is -0.355 e. The highest BCUT2D eigenvalue weighted by atomic mass is 79.9. The highest BCUT2D eigenvalue weighted by Gasteiger charge is 2.10. The smallest absolute Gasteiger partial charge is 0.233 e. The average Bonchev–Trinajstić information content (AvgIpc) is 2.33. The first-order valence-corrected chi connectivity index (χ1v) is 7.16. The topological polar surface area (TPSA) is 41.1 Å². The maximum atomic E-state index is 11.5. The monoisotopic (exact) mass is 332 g/mol. The van der Waals surface area contributed by atoms with E-state index in [1.807, 2.05) is 32.0 Å². The first-order valence-electron chi connectivity index (χ1n) is 5.99. The van der Waals surface area contributed by atoms with E-state index in [4.69, 9.17) is 11.6 Å². The normalized spacial score (nSPS) is 12.2. The van der Waals surface area contributed by atoms with E-state index < -0.39 is 0 Å². The van der Waals surface area contributed by atoms with Crippen LogP contribution >= 0.6 is 27.5 Å². The maximum Gasteiger partial charge on any atom is 0.233 e. The summed E-state index contributed by atoms with van der Waals surface area (Å²) in [6.45, 7) is 5.03. The number of hydrogen-bond donors (Lipinski definition) is 2. The summed E-state index contributed by atoms with van der Waals surface area (Å²) < 4.78 is 0.948. The van der Waals surface area contributed by atoms with Gasteiger partial charge in [-0.25, -0.2) is 0 Å². The molecular weight excluding hydrogens is 316 g/mol. The summed E-state index contributed by atoms with van der Waals surface area (Å²) in [6, 6.07) is 5.79. The highest BCUT2D eigenvalue weighted by Crippen LogP contribution is 2.26. The van der Waals surface area contributed by atoms with E-state index in [-0.39, 0.29) is 11.9 Å². The molecule has 1 aromatic rings. The molecule has 0 aliphatic rings. The van der Waals surface area contributed by atoms with E-state index in [2.05, 4.69) is 26.6 Å². The van der Waals surface area contributed by atoms with Crippen molar-refractivity contribution in [3.05, 3.63) is 33.3 Å². The van der Waals surface area contributed by atoms with Gasteiger partial charge < -0.3 is 10.6 Å². The first-order chi connectivity index (χ1) is 8.54. The Balaban J connectivity index is 2.50. The maximum absolute atomic E-state index is 11.5. The minimum absolute atomic E-state index is 0.0111. The van der Waals surface area contributed by atoms with Gasteiger partial charge in [0.05, 0.1) is 6.54 Å². The number of amides is 1. The quantitative estimate of drug-likeness (QED) is 0.839. The lowest BCUT2D eigenvalue weighted by molar-refractivity contribution is -0.120. The molecular formula is C13H18BrClN2O. The largest absolute Gasteiger partial charge is 0.355 e. The van der Waals surface area contributed by atoms with Gasteiger partial charge >= 0.3 is 0 Å². The van der Waals surface area contributed by atoms with Crippen LogP contribution in [0.25, 0.3) is 0 Å². The van der Waals surface area contributed by atoms with E-state index in [0.717, 1.165) is 16.5 Å². The number of hydrogen-bond acceptors (Lipinski definition) is 2. The Hall–Kier alpha value is -0.580. The van der Waals surface area contributed by atoms with E-state index in [1.54, 1.807) is 0 Å². The van der Waals surface area contributed by atoms with Crippen LogP contribution in [-0.2, 0) is 4.79 Å². The van der Waals surface area contributed by atoms with Crippen LogP contribution in [0, 0.1) is 0 Å². The van der Waals surface area contributed by atoms with Crippen LogP contribution in [0.15, 0.2) is 22.7 Å². The van der Waals surface area contributed by atoms with Crippen LogP contribution in [0.3, 0.4) is 0 Å². The molecule has 0 spiro atoms. The molecule has 1 atom stereocenters. The number of rotatable bonds is 6. The zero-order valence-electron chi connectivity index (χ0n) is 10.6. The van der Waals surface area contributed by atoms with Crippen LogP contribution in [0.5, 0.6) is 0 Å². The van der Waals surface area contributed by atoms with E-state index in [1.165, 1.54) is 0 Å². The molecule has 100 valence electrons. The van der Waals surface area contributed by atoms with Gasteiger partial charge in [-0.05, 0) is 31.0 Å². The molecule has 0 saturated carbocycles. The molecule has 0 aliphatic heterocycles. The molecule has 0 bridgehead atoms. The van der Waals surface area contributed by atoms with Crippen LogP contribution < -0.4 is 10.6 Å². The van der Waals surface area contributed by atoms with Gasteiger partial charge in [0, 0.05) is 22.1 Å². The lowest BCUT2D eigenvalue weighted by Gasteiger charge is -2.15. The van der Waals surface area contributed by atoms with Crippen molar-refractivity contribution >= 4 is 33.4 Å². The van der Waals surface area contributed by atoms with Crippen molar-refractivity contribution in [3.63, 3.8) is 0 Å². The first kappa shape index (κ1) is 15.5. The van der Waals surface area contributed by atoms with E-state index >= 15 is 0 Å². The van der Waals surface area contributed by atoms with Gasteiger partial charge in [0.25, 0.3) is 0 Å². The molecule has 1 rings (SSSR count). The van der Waals surface area contributed by atoms with Crippen molar-refractivity contribution in [3.8, 4) is 0 Å². The van der Waals surface area contributed by atoms with Crippen molar-refractivity contribution in [2.75, 3.05) is 13.1 Å². The van der Waals surface area contributed by atoms with Gasteiger partial charge in [-0.3, -0.25) is 4.79 Å².